The molecule has 1 heterocycles. The standard InChI is InChI=1S/C7H12N2OS/c1-6(10)3-2-4-7-5-8-11-9-7/h5-6,10H,2-4H2,1H3. The number of rotatable bonds is 4. The van der Waals surface area contributed by atoms with E-state index < -0.39 is 0 Å². The number of hydrogen-bond donors (Lipinski definition) is 1. The Morgan fingerprint density at radius 1 is 1.73 bits per heavy atom. The summed E-state index contributed by atoms with van der Waals surface area (Å²) in [6.07, 6.45) is 4.36. The molecule has 1 aromatic heterocycles. The van der Waals surface area contributed by atoms with Crippen molar-refractivity contribution in [3.8, 4) is 0 Å². The zero-order valence-corrected chi connectivity index (χ0v) is 7.34. The van der Waals surface area contributed by atoms with Gasteiger partial charge in [0.2, 0.25) is 0 Å². The topological polar surface area (TPSA) is 46.0 Å². The van der Waals surface area contributed by atoms with E-state index in [1.165, 1.54) is 11.7 Å². The van der Waals surface area contributed by atoms with Crippen LogP contribution in [0, 0.1) is 0 Å². The quantitative estimate of drug-likeness (QED) is 0.743. The van der Waals surface area contributed by atoms with Crippen LogP contribution in [0.15, 0.2) is 6.20 Å². The van der Waals surface area contributed by atoms with E-state index >= 15 is 0 Å². The van der Waals surface area contributed by atoms with Gasteiger partial charge in [-0.15, -0.1) is 0 Å². The van der Waals surface area contributed by atoms with Crippen LogP contribution >= 0.6 is 11.7 Å². The summed E-state index contributed by atoms with van der Waals surface area (Å²) in [4.78, 5) is 0. The van der Waals surface area contributed by atoms with Gasteiger partial charge in [0.25, 0.3) is 0 Å². The second-order valence-corrected chi connectivity index (χ2v) is 3.20. The van der Waals surface area contributed by atoms with Crippen molar-refractivity contribution in [2.75, 3.05) is 0 Å². The highest BCUT2D eigenvalue weighted by Crippen LogP contribution is 2.03. The fourth-order valence-electron chi connectivity index (χ4n) is 0.873. The Bertz CT molecular complexity index is 186. The second kappa shape index (κ2) is 4.41. The first-order valence-electron chi connectivity index (χ1n) is 3.73. The Morgan fingerprint density at radius 2 is 2.55 bits per heavy atom. The Hall–Kier alpha value is -0.480. The molecule has 0 aliphatic carbocycles. The summed E-state index contributed by atoms with van der Waals surface area (Å²) in [6, 6.07) is 0. The van der Waals surface area contributed by atoms with Crippen LogP contribution in [-0.2, 0) is 6.42 Å². The fraction of sp³-hybridized carbons (Fsp3) is 0.714. The lowest BCUT2D eigenvalue weighted by atomic mass is 10.1. The van der Waals surface area contributed by atoms with Gasteiger partial charge in [-0.3, -0.25) is 0 Å². The number of nitrogens with zero attached hydrogens (tertiary/aromatic N) is 2. The molecule has 1 unspecified atom stereocenters. The SMILES string of the molecule is CC(O)CCCc1cnsn1. The Balaban J connectivity index is 2.14. The van der Waals surface area contributed by atoms with Crippen molar-refractivity contribution in [2.45, 2.75) is 32.3 Å². The smallest absolute Gasteiger partial charge is 0.0743 e. The summed E-state index contributed by atoms with van der Waals surface area (Å²) in [5.74, 6) is 0. The average molecular weight is 172 g/mol. The molecule has 0 aromatic carbocycles. The van der Waals surface area contributed by atoms with Crippen LogP contribution in [0.3, 0.4) is 0 Å². The normalized spacial score (nSPS) is 13.3. The molecule has 11 heavy (non-hydrogen) atoms. The molecule has 0 aliphatic rings. The van der Waals surface area contributed by atoms with Gasteiger partial charge < -0.3 is 5.11 Å². The summed E-state index contributed by atoms with van der Waals surface area (Å²) in [5, 5.41) is 8.95. The van der Waals surface area contributed by atoms with Crippen molar-refractivity contribution >= 4 is 11.7 Å². The predicted octanol–water partition coefficient (Wildman–Crippen LogP) is 1.24. The molecule has 62 valence electrons. The van der Waals surface area contributed by atoms with Crippen LogP contribution in [-0.4, -0.2) is 20.0 Å². The van der Waals surface area contributed by atoms with E-state index in [0.29, 0.717) is 0 Å². The Kier molecular flexibility index (Phi) is 3.45. The minimum atomic E-state index is -0.193. The number of hydrogen-bond acceptors (Lipinski definition) is 4. The molecule has 3 nitrogen and oxygen atoms in total. The number of aliphatic hydroxyl groups is 1. The lowest BCUT2D eigenvalue weighted by molar-refractivity contribution is 0.181. The minimum absolute atomic E-state index is 0.193. The highest BCUT2D eigenvalue weighted by molar-refractivity contribution is 6.99. The molecule has 4 heteroatoms. The predicted molar refractivity (Wildman–Crippen MR) is 44.5 cm³/mol. The third kappa shape index (κ3) is 3.43. The molecular weight excluding hydrogens is 160 g/mol. The van der Waals surface area contributed by atoms with Crippen LogP contribution in [0.4, 0.5) is 0 Å². The van der Waals surface area contributed by atoms with Crippen LogP contribution in [0.2, 0.25) is 0 Å². The molecule has 1 aromatic rings. The Labute approximate surface area is 70.4 Å². The summed E-state index contributed by atoms with van der Waals surface area (Å²) >= 11 is 1.24. The summed E-state index contributed by atoms with van der Waals surface area (Å²) in [6.45, 7) is 1.80. The van der Waals surface area contributed by atoms with Gasteiger partial charge in [0.15, 0.2) is 0 Å². The molecule has 1 rings (SSSR count). The van der Waals surface area contributed by atoms with Crippen molar-refractivity contribution in [3.05, 3.63) is 11.9 Å². The van der Waals surface area contributed by atoms with Gasteiger partial charge in [-0.05, 0) is 26.2 Å². The van der Waals surface area contributed by atoms with Crippen molar-refractivity contribution in [2.24, 2.45) is 0 Å². The van der Waals surface area contributed by atoms with Gasteiger partial charge in [-0.2, -0.15) is 8.75 Å². The van der Waals surface area contributed by atoms with E-state index in [0.717, 1.165) is 25.0 Å². The highest BCUT2D eigenvalue weighted by Gasteiger charge is 1.98. The van der Waals surface area contributed by atoms with Crippen LogP contribution in [0.1, 0.15) is 25.5 Å². The third-order valence-electron chi connectivity index (χ3n) is 1.46. The van der Waals surface area contributed by atoms with E-state index in [2.05, 4.69) is 8.75 Å². The molecule has 0 amide bonds. The number of aryl methyl sites for hydroxylation is 1. The van der Waals surface area contributed by atoms with Crippen molar-refractivity contribution < 1.29 is 5.11 Å². The molecule has 0 saturated carbocycles. The Morgan fingerprint density at radius 3 is 3.09 bits per heavy atom. The van der Waals surface area contributed by atoms with E-state index in [9.17, 15) is 0 Å². The first kappa shape index (κ1) is 8.62. The number of aromatic nitrogens is 2. The summed E-state index contributed by atoms with van der Waals surface area (Å²) < 4.78 is 7.95. The molecule has 0 fully saturated rings. The van der Waals surface area contributed by atoms with Crippen molar-refractivity contribution in [1.82, 2.24) is 8.75 Å². The van der Waals surface area contributed by atoms with Gasteiger partial charge >= 0.3 is 0 Å². The van der Waals surface area contributed by atoms with Crippen LogP contribution < -0.4 is 0 Å². The van der Waals surface area contributed by atoms with Crippen LogP contribution in [0.25, 0.3) is 0 Å². The maximum Gasteiger partial charge on any atom is 0.0743 e. The zero-order valence-electron chi connectivity index (χ0n) is 6.53. The molecule has 1 atom stereocenters. The van der Waals surface area contributed by atoms with Gasteiger partial charge in [-0.1, -0.05) is 0 Å². The van der Waals surface area contributed by atoms with Crippen molar-refractivity contribution in [3.63, 3.8) is 0 Å². The van der Waals surface area contributed by atoms with Gasteiger partial charge in [0, 0.05) is 0 Å². The molecule has 1 N–H and O–H groups in total. The summed E-state index contributed by atoms with van der Waals surface area (Å²) in [7, 11) is 0. The monoisotopic (exact) mass is 172 g/mol. The van der Waals surface area contributed by atoms with Gasteiger partial charge in [0.1, 0.15) is 0 Å². The summed E-state index contributed by atoms with van der Waals surface area (Å²) in [5.41, 5.74) is 1.04. The highest BCUT2D eigenvalue weighted by atomic mass is 32.1. The average Bonchev–Trinajstić information content (AvgIpc) is 2.39. The van der Waals surface area contributed by atoms with E-state index in [-0.39, 0.29) is 6.10 Å². The first-order valence-corrected chi connectivity index (χ1v) is 4.46. The minimum Gasteiger partial charge on any atom is -0.393 e. The number of aliphatic hydroxyl groups excluding tert-OH is 1. The van der Waals surface area contributed by atoms with Gasteiger partial charge in [0.05, 0.1) is 29.7 Å². The lowest BCUT2D eigenvalue weighted by Gasteiger charge is -2.00. The molecule has 0 spiro atoms. The molecular formula is C7H12N2OS. The third-order valence-corrected chi connectivity index (χ3v) is 1.98. The van der Waals surface area contributed by atoms with Crippen molar-refractivity contribution in [1.29, 1.82) is 0 Å². The van der Waals surface area contributed by atoms with Crippen LogP contribution in [0.5, 0.6) is 0 Å². The maximum absolute atomic E-state index is 8.95. The lowest BCUT2D eigenvalue weighted by Crippen LogP contribution is -1.99. The zero-order chi connectivity index (χ0) is 8.10. The first-order chi connectivity index (χ1) is 5.29. The van der Waals surface area contributed by atoms with E-state index in [4.69, 9.17) is 5.11 Å². The molecule has 0 bridgehead atoms. The van der Waals surface area contributed by atoms with Gasteiger partial charge in [-0.25, -0.2) is 0 Å². The molecule has 0 saturated heterocycles. The maximum atomic E-state index is 8.95. The molecule has 0 aliphatic heterocycles. The molecule has 0 radical (unpaired) electrons. The van der Waals surface area contributed by atoms with E-state index in [1.54, 1.807) is 13.1 Å². The second-order valence-electron chi connectivity index (χ2n) is 2.64. The van der Waals surface area contributed by atoms with E-state index in [1.807, 2.05) is 0 Å². The largest absolute Gasteiger partial charge is 0.393 e. The fourth-order valence-corrected chi connectivity index (χ4v) is 1.33.